The minimum Gasteiger partial charge on any atom is -0.481 e. The average molecular weight is 179 g/mol. The molecule has 0 aliphatic heterocycles. The zero-order valence-corrected chi connectivity index (χ0v) is 7.82. The summed E-state index contributed by atoms with van der Waals surface area (Å²) in [5.41, 5.74) is 2.20. The molecular formula is C10H13NO2. The minimum atomic E-state index is -0.697. The fourth-order valence-corrected chi connectivity index (χ4v) is 2.26. The van der Waals surface area contributed by atoms with Gasteiger partial charge in [-0.25, -0.2) is 0 Å². The molecule has 0 amide bonds. The second-order valence-corrected chi connectivity index (χ2v) is 3.90. The van der Waals surface area contributed by atoms with Crippen LogP contribution >= 0.6 is 0 Å². The van der Waals surface area contributed by atoms with Crippen LogP contribution in [0, 0.1) is 5.92 Å². The summed E-state index contributed by atoms with van der Waals surface area (Å²) in [5.74, 6) is -0.752. The zero-order chi connectivity index (χ0) is 9.59. The van der Waals surface area contributed by atoms with Crippen LogP contribution in [-0.4, -0.2) is 15.6 Å². The van der Waals surface area contributed by atoms with Crippen molar-refractivity contribution in [3.8, 4) is 0 Å². The summed E-state index contributed by atoms with van der Waals surface area (Å²) in [6, 6.07) is 0. The van der Waals surface area contributed by atoms with Crippen LogP contribution in [0.5, 0.6) is 0 Å². The Morgan fingerprint density at radius 3 is 2.92 bits per heavy atom. The van der Waals surface area contributed by atoms with Gasteiger partial charge in [0.15, 0.2) is 0 Å². The van der Waals surface area contributed by atoms with Crippen LogP contribution < -0.4 is 0 Å². The number of hydrogen-bond donors (Lipinski definition) is 1. The molecule has 2 rings (SSSR count). The van der Waals surface area contributed by atoms with E-state index in [2.05, 4.69) is 0 Å². The van der Waals surface area contributed by atoms with Crippen LogP contribution in [0.15, 0.2) is 12.4 Å². The number of carboxylic acids is 1. The molecule has 13 heavy (non-hydrogen) atoms. The molecule has 0 bridgehead atoms. The van der Waals surface area contributed by atoms with Gasteiger partial charge in [0.1, 0.15) is 0 Å². The van der Waals surface area contributed by atoms with Gasteiger partial charge in [0.25, 0.3) is 0 Å². The molecule has 0 fully saturated rings. The van der Waals surface area contributed by atoms with Crippen molar-refractivity contribution in [3.63, 3.8) is 0 Å². The van der Waals surface area contributed by atoms with Gasteiger partial charge in [-0.2, -0.15) is 0 Å². The summed E-state index contributed by atoms with van der Waals surface area (Å²) in [5, 5.41) is 9.03. The summed E-state index contributed by atoms with van der Waals surface area (Å²) in [7, 11) is 1.93. The maximum Gasteiger partial charge on any atom is 0.311 e. The number of aromatic nitrogens is 1. The molecule has 1 heterocycles. The number of carbonyl (C=O) groups is 1. The van der Waals surface area contributed by atoms with E-state index in [0.717, 1.165) is 12.0 Å². The smallest absolute Gasteiger partial charge is 0.311 e. The number of carboxylic acid groups (broad SMARTS) is 1. The van der Waals surface area contributed by atoms with Gasteiger partial charge in [-0.1, -0.05) is 6.92 Å². The monoisotopic (exact) mass is 179 g/mol. The van der Waals surface area contributed by atoms with Crippen LogP contribution in [0.2, 0.25) is 0 Å². The van der Waals surface area contributed by atoms with E-state index in [4.69, 9.17) is 5.11 Å². The molecule has 1 aliphatic carbocycles. The van der Waals surface area contributed by atoms with E-state index in [9.17, 15) is 4.79 Å². The molecule has 1 aliphatic rings. The van der Waals surface area contributed by atoms with Crippen molar-refractivity contribution in [1.29, 1.82) is 0 Å². The van der Waals surface area contributed by atoms with Gasteiger partial charge in [-0.3, -0.25) is 4.79 Å². The largest absolute Gasteiger partial charge is 0.481 e. The lowest BCUT2D eigenvalue weighted by atomic mass is 9.95. The molecule has 3 nitrogen and oxygen atoms in total. The summed E-state index contributed by atoms with van der Waals surface area (Å²) in [6.07, 6.45) is 4.85. The molecular weight excluding hydrogens is 166 g/mol. The fraction of sp³-hybridized carbons (Fsp3) is 0.500. The van der Waals surface area contributed by atoms with E-state index in [1.807, 2.05) is 30.9 Å². The highest BCUT2D eigenvalue weighted by atomic mass is 16.4. The van der Waals surface area contributed by atoms with E-state index < -0.39 is 5.97 Å². The Labute approximate surface area is 77.0 Å². The lowest BCUT2D eigenvalue weighted by molar-refractivity contribution is -0.139. The van der Waals surface area contributed by atoms with Crippen molar-refractivity contribution in [3.05, 3.63) is 23.5 Å². The molecule has 1 aromatic heterocycles. The van der Waals surface area contributed by atoms with Crippen LogP contribution in [0.1, 0.15) is 24.0 Å². The molecule has 1 aromatic rings. The van der Waals surface area contributed by atoms with Crippen molar-refractivity contribution in [2.24, 2.45) is 13.0 Å². The Balaban J connectivity index is 2.44. The Morgan fingerprint density at radius 2 is 2.31 bits per heavy atom. The first kappa shape index (κ1) is 8.35. The minimum absolute atomic E-state index is 0.240. The summed E-state index contributed by atoms with van der Waals surface area (Å²) in [6.45, 7) is 2.00. The van der Waals surface area contributed by atoms with Crippen LogP contribution in [0.3, 0.4) is 0 Å². The average Bonchev–Trinajstić information content (AvgIpc) is 2.41. The van der Waals surface area contributed by atoms with Gasteiger partial charge < -0.3 is 9.67 Å². The highest BCUT2D eigenvalue weighted by molar-refractivity contribution is 5.78. The van der Waals surface area contributed by atoms with Crippen molar-refractivity contribution in [2.45, 2.75) is 19.3 Å². The van der Waals surface area contributed by atoms with Gasteiger partial charge in [-0.15, -0.1) is 0 Å². The summed E-state index contributed by atoms with van der Waals surface area (Å²) < 4.78 is 1.94. The van der Waals surface area contributed by atoms with Gasteiger partial charge in [0.2, 0.25) is 0 Å². The molecule has 3 heteroatoms. The number of aryl methyl sites for hydroxylation is 1. The van der Waals surface area contributed by atoms with Crippen LogP contribution in [0.25, 0.3) is 0 Å². The zero-order valence-electron chi connectivity index (χ0n) is 7.82. The number of hydrogen-bond acceptors (Lipinski definition) is 1. The predicted molar refractivity (Wildman–Crippen MR) is 48.7 cm³/mol. The molecule has 1 N–H and O–H groups in total. The van der Waals surface area contributed by atoms with E-state index in [1.165, 1.54) is 5.56 Å². The van der Waals surface area contributed by atoms with E-state index in [0.29, 0.717) is 0 Å². The molecule has 2 atom stereocenters. The number of fused-ring (bicyclic) bond motifs is 1. The van der Waals surface area contributed by atoms with Crippen molar-refractivity contribution >= 4 is 5.97 Å². The normalized spacial score (nSPS) is 26.0. The number of aliphatic carboxylic acids is 1. The van der Waals surface area contributed by atoms with Crippen LogP contribution in [0.4, 0.5) is 0 Å². The second kappa shape index (κ2) is 2.62. The molecule has 0 saturated carbocycles. The van der Waals surface area contributed by atoms with Gasteiger partial charge in [-0.05, 0) is 23.5 Å². The van der Waals surface area contributed by atoms with Crippen LogP contribution in [-0.2, 0) is 18.3 Å². The maximum atomic E-state index is 11.0. The highest BCUT2D eigenvalue weighted by Crippen LogP contribution is 2.38. The highest BCUT2D eigenvalue weighted by Gasteiger charge is 2.35. The second-order valence-electron chi connectivity index (χ2n) is 3.90. The van der Waals surface area contributed by atoms with Crippen molar-refractivity contribution in [2.75, 3.05) is 0 Å². The van der Waals surface area contributed by atoms with E-state index >= 15 is 0 Å². The lowest BCUT2D eigenvalue weighted by Crippen LogP contribution is -2.15. The van der Waals surface area contributed by atoms with Gasteiger partial charge in [0.05, 0.1) is 5.92 Å². The summed E-state index contributed by atoms with van der Waals surface area (Å²) in [4.78, 5) is 11.0. The molecule has 2 unspecified atom stereocenters. The number of rotatable bonds is 1. The first-order valence-corrected chi connectivity index (χ1v) is 4.47. The molecule has 0 radical (unpaired) electrons. The molecule has 0 saturated heterocycles. The topological polar surface area (TPSA) is 42.2 Å². The standard InChI is InChI=1S/C10H13NO2/c1-6-3-7-4-11(2)5-8(7)9(6)10(12)13/h4-6,9H,3H2,1-2H3,(H,12,13). The Hall–Kier alpha value is -1.25. The SMILES string of the molecule is CC1Cc2cn(C)cc2C1C(=O)O. The van der Waals surface area contributed by atoms with Gasteiger partial charge in [0, 0.05) is 19.4 Å². The Morgan fingerprint density at radius 1 is 1.62 bits per heavy atom. The molecule has 0 aromatic carbocycles. The molecule has 70 valence electrons. The third-order valence-electron chi connectivity index (χ3n) is 2.79. The first-order chi connectivity index (χ1) is 6.09. The quantitative estimate of drug-likeness (QED) is 0.707. The van der Waals surface area contributed by atoms with Crippen molar-refractivity contribution in [1.82, 2.24) is 4.57 Å². The first-order valence-electron chi connectivity index (χ1n) is 4.47. The molecule has 0 spiro atoms. The predicted octanol–water partition coefficient (Wildman–Crippen LogP) is 1.39. The summed E-state index contributed by atoms with van der Waals surface area (Å²) >= 11 is 0. The van der Waals surface area contributed by atoms with E-state index in [-0.39, 0.29) is 11.8 Å². The maximum absolute atomic E-state index is 11.0. The van der Waals surface area contributed by atoms with Gasteiger partial charge >= 0.3 is 5.97 Å². The number of nitrogens with zero attached hydrogens (tertiary/aromatic N) is 1. The van der Waals surface area contributed by atoms with E-state index in [1.54, 1.807) is 0 Å². The third kappa shape index (κ3) is 1.15. The van der Waals surface area contributed by atoms with Crippen molar-refractivity contribution < 1.29 is 9.90 Å². The Bertz CT molecular complexity index is 354. The lowest BCUT2D eigenvalue weighted by Gasteiger charge is -2.10. The third-order valence-corrected chi connectivity index (χ3v) is 2.79. The Kier molecular flexibility index (Phi) is 1.68. The fourth-order valence-electron chi connectivity index (χ4n) is 2.26.